The normalized spacial score (nSPS) is 33.6. The Kier molecular flexibility index (Phi) is 10.9. The number of amides is 1. The number of phenolic OH excluding ortho intramolecular Hbond substituents is 1. The van der Waals surface area contributed by atoms with Gasteiger partial charge in [0.15, 0.2) is 0 Å². The molecule has 1 heterocycles. The number of phenols is 1. The van der Waals surface area contributed by atoms with Crippen LogP contribution in [0.1, 0.15) is 38.7 Å². The van der Waals surface area contributed by atoms with Gasteiger partial charge in [0.2, 0.25) is 5.91 Å². The summed E-state index contributed by atoms with van der Waals surface area (Å²) < 4.78 is 5.31. The molecule has 8 heteroatoms. The number of rotatable bonds is 1. The highest BCUT2D eigenvalue weighted by Crippen LogP contribution is 2.23. The summed E-state index contributed by atoms with van der Waals surface area (Å²) in [5.74, 6) is -0.810. The third kappa shape index (κ3) is 8.70. The molecule has 188 valence electrons. The predicted octanol–water partition coefficient (Wildman–Crippen LogP) is 2.21. The fraction of sp³-hybridized carbons (Fsp3) is 0.500. The van der Waals surface area contributed by atoms with Gasteiger partial charge in [-0.2, -0.15) is 0 Å². The Balaban J connectivity index is 2.29. The number of aryl methyl sites for hydroxylation is 1. The average molecular weight is 476 g/mol. The molecular formula is C26H37NO7. The molecule has 1 aliphatic heterocycles. The van der Waals surface area contributed by atoms with Crippen LogP contribution >= 0.6 is 0 Å². The van der Waals surface area contributed by atoms with Gasteiger partial charge in [-0.05, 0) is 43.0 Å². The lowest BCUT2D eigenvalue weighted by Gasteiger charge is -2.27. The molecule has 1 aromatic rings. The summed E-state index contributed by atoms with van der Waals surface area (Å²) in [6, 6.07) is 4.88. The van der Waals surface area contributed by atoms with Crippen molar-refractivity contribution in [3.8, 4) is 5.75 Å². The van der Waals surface area contributed by atoms with Gasteiger partial charge >= 0.3 is 0 Å². The SMILES string of the molecule is CO[C@@H]1/C=C/C=C/C(O)C(O)C[C@@H](O)[C@H](C)[C@H](O)/C(C)=C\CCc2cc(O)cc(c2)NC(=O)C1. The third-order valence-electron chi connectivity index (χ3n) is 6.04. The summed E-state index contributed by atoms with van der Waals surface area (Å²) in [4.78, 5) is 12.5. The van der Waals surface area contributed by atoms with Crippen LogP contribution in [0.15, 0.2) is 54.2 Å². The number of allylic oxidation sites excluding steroid dienone is 3. The van der Waals surface area contributed by atoms with Crippen molar-refractivity contribution in [3.63, 3.8) is 0 Å². The molecule has 1 aliphatic rings. The highest BCUT2D eigenvalue weighted by atomic mass is 16.5. The number of benzene rings is 1. The molecular weight excluding hydrogens is 438 g/mol. The molecule has 6 N–H and O–H groups in total. The van der Waals surface area contributed by atoms with E-state index in [2.05, 4.69) is 5.32 Å². The third-order valence-corrected chi connectivity index (χ3v) is 6.04. The van der Waals surface area contributed by atoms with Crippen LogP contribution in [0.2, 0.25) is 0 Å². The van der Waals surface area contributed by atoms with E-state index in [1.54, 1.807) is 38.1 Å². The second-order valence-corrected chi connectivity index (χ2v) is 8.84. The zero-order valence-corrected chi connectivity index (χ0v) is 20.0. The fourth-order valence-corrected chi connectivity index (χ4v) is 3.82. The summed E-state index contributed by atoms with van der Waals surface area (Å²) in [6.45, 7) is 3.46. The van der Waals surface area contributed by atoms with Crippen molar-refractivity contribution in [2.45, 2.75) is 70.1 Å². The van der Waals surface area contributed by atoms with E-state index in [1.165, 1.54) is 25.3 Å². The van der Waals surface area contributed by atoms with Crippen LogP contribution in [0.25, 0.3) is 0 Å². The van der Waals surface area contributed by atoms with E-state index in [1.807, 2.05) is 6.08 Å². The van der Waals surface area contributed by atoms with Crippen molar-refractivity contribution in [1.29, 1.82) is 0 Å². The number of anilines is 1. The van der Waals surface area contributed by atoms with Gasteiger partial charge in [-0.25, -0.2) is 0 Å². The van der Waals surface area contributed by atoms with Crippen LogP contribution in [-0.2, 0) is 16.0 Å². The smallest absolute Gasteiger partial charge is 0.227 e. The molecule has 2 rings (SSSR count). The summed E-state index contributed by atoms with van der Waals surface area (Å²) in [7, 11) is 1.48. The first-order valence-corrected chi connectivity index (χ1v) is 11.5. The van der Waals surface area contributed by atoms with E-state index in [0.29, 0.717) is 24.1 Å². The minimum absolute atomic E-state index is 0.0362. The Bertz CT molecular complexity index is 895. The van der Waals surface area contributed by atoms with Crippen LogP contribution in [-0.4, -0.2) is 69.1 Å². The van der Waals surface area contributed by atoms with E-state index < -0.39 is 36.4 Å². The Labute approximate surface area is 200 Å². The van der Waals surface area contributed by atoms with E-state index in [0.717, 1.165) is 5.56 Å². The highest BCUT2D eigenvalue weighted by Gasteiger charge is 2.27. The number of aromatic hydroxyl groups is 1. The molecule has 8 nitrogen and oxygen atoms in total. The summed E-state index contributed by atoms with van der Waals surface area (Å²) >= 11 is 0. The van der Waals surface area contributed by atoms with Crippen molar-refractivity contribution in [2.24, 2.45) is 5.92 Å². The molecule has 0 spiro atoms. The number of hydrogen-bond acceptors (Lipinski definition) is 7. The van der Waals surface area contributed by atoms with Gasteiger partial charge in [0, 0.05) is 31.2 Å². The number of methoxy groups -OCH3 is 1. The van der Waals surface area contributed by atoms with Gasteiger partial charge in [0.1, 0.15) is 5.75 Å². The van der Waals surface area contributed by atoms with Gasteiger partial charge in [-0.3, -0.25) is 4.79 Å². The van der Waals surface area contributed by atoms with Crippen molar-refractivity contribution in [3.05, 3.63) is 59.7 Å². The monoisotopic (exact) mass is 475 g/mol. The number of hydrogen-bond donors (Lipinski definition) is 6. The molecule has 0 fully saturated rings. The van der Waals surface area contributed by atoms with Crippen LogP contribution in [0.5, 0.6) is 5.75 Å². The number of fused-ring (bicyclic) bond motifs is 2. The lowest BCUT2D eigenvalue weighted by Crippen LogP contribution is -2.36. The average Bonchev–Trinajstić information content (AvgIpc) is 2.78. The van der Waals surface area contributed by atoms with Crippen LogP contribution in [0.3, 0.4) is 0 Å². The molecule has 2 bridgehead atoms. The number of aliphatic hydroxyl groups excluding tert-OH is 4. The number of carbonyl (C=O) groups excluding carboxylic acids is 1. The summed E-state index contributed by atoms with van der Waals surface area (Å²) in [5.41, 5.74) is 1.97. The molecule has 1 amide bonds. The van der Waals surface area contributed by atoms with Crippen molar-refractivity contribution in [1.82, 2.24) is 0 Å². The molecule has 34 heavy (non-hydrogen) atoms. The maximum absolute atomic E-state index is 12.5. The van der Waals surface area contributed by atoms with Crippen molar-refractivity contribution >= 4 is 11.6 Å². The van der Waals surface area contributed by atoms with Crippen molar-refractivity contribution < 1.29 is 35.1 Å². The van der Waals surface area contributed by atoms with Crippen LogP contribution in [0.4, 0.5) is 5.69 Å². The highest BCUT2D eigenvalue weighted by molar-refractivity contribution is 5.91. The Morgan fingerprint density at radius 1 is 1.03 bits per heavy atom. The number of ether oxygens (including phenoxy) is 1. The first-order valence-electron chi connectivity index (χ1n) is 11.5. The van der Waals surface area contributed by atoms with E-state index in [9.17, 15) is 30.3 Å². The van der Waals surface area contributed by atoms with Gasteiger partial charge in [-0.15, -0.1) is 0 Å². The van der Waals surface area contributed by atoms with E-state index in [-0.39, 0.29) is 24.5 Å². The lowest BCUT2D eigenvalue weighted by atomic mass is 9.88. The Hall–Kier alpha value is -2.49. The zero-order valence-electron chi connectivity index (χ0n) is 20.0. The molecule has 0 radical (unpaired) electrons. The quantitative estimate of drug-likeness (QED) is 0.342. The number of carbonyl (C=O) groups is 1. The van der Waals surface area contributed by atoms with Crippen LogP contribution < -0.4 is 5.32 Å². The lowest BCUT2D eigenvalue weighted by molar-refractivity contribution is -0.117. The zero-order chi connectivity index (χ0) is 25.3. The minimum Gasteiger partial charge on any atom is -0.508 e. The maximum atomic E-state index is 12.5. The van der Waals surface area contributed by atoms with Gasteiger partial charge in [0.05, 0.1) is 36.9 Å². The predicted molar refractivity (Wildman–Crippen MR) is 130 cm³/mol. The van der Waals surface area contributed by atoms with Gasteiger partial charge in [0.25, 0.3) is 0 Å². The van der Waals surface area contributed by atoms with Crippen molar-refractivity contribution in [2.75, 3.05) is 12.4 Å². The fourth-order valence-electron chi connectivity index (χ4n) is 3.82. The second kappa shape index (κ2) is 13.4. The largest absolute Gasteiger partial charge is 0.508 e. The standard InChI is InChI=1S/C26H37NO7/c1-16-7-6-8-18-11-19(13-20(28)12-18)27-25(32)14-21(34-3)9-4-5-10-22(29)24(31)15-23(30)17(2)26(16)33/h4-5,7,9-13,17,21-24,26,28-31,33H,6,8,14-15H2,1-3H3,(H,27,32)/b9-4+,10-5+,16-7-/t17-,21+,22?,23+,24?,26+/m0/s1. The van der Waals surface area contributed by atoms with E-state index >= 15 is 0 Å². The Morgan fingerprint density at radius 2 is 1.74 bits per heavy atom. The minimum atomic E-state index is -1.21. The number of aliphatic hydroxyl groups is 4. The summed E-state index contributed by atoms with van der Waals surface area (Å²) in [6.07, 6.45) is 4.21. The number of nitrogens with one attached hydrogen (secondary N) is 1. The molecule has 1 aromatic carbocycles. The summed E-state index contributed by atoms with van der Waals surface area (Å²) in [5, 5.41) is 54.4. The molecule has 2 unspecified atom stereocenters. The molecule has 0 aliphatic carbocycles. The maximum Gasteiger partial charge on any atom is 0.227 e. The topological polar surface area (TPSA) is 139 Å². The van der Waals surface area contributed by atoms with Crippen LogP contribution in [0, 0.1) is 5.92 Å². The Morgan fingerprint density at radius 3 is 2.44 bits per heavy atom. The van der Waals surface area contributed by atoms with Gasteiger partial charge in [-0.1, -0.05) is 37.3 Å². The van der Waals surface area contributed by atoms with E-state index in [4.69, 9.17) is 4.74 Å². The first-order chi connectivity index (χ1) is 16.1. The molecule has 6 atom stereocenters. The molecule has 0 aromatic heterocycles. The second-order valence-electron chi connectivity index (χ2n) is 8.84. The van der Waals surface area contributed by atoms with Gasteiger partial charge < -0.3 is 35.6 Å². The first kappa shape index (κ1) is 27.8. The molecule has 0 saturated carbocycles. The molecule has 0 saturated heterocycles.